The summed E-state index contributed by atoms with van der Waals surface area (Å²) in [7, 11) is 0. The molecule has 1 aromatic carbocycles. The van der Waals surface area contributed by atoms with Gasteiger partial charge < -0.3 is 5.32 Å². The Bertz CT molecular complexity index is 826. The van der Waals surface area contributed by atoms with Gasteiger partial charge in [-0.15, -0.1) is 0 Å². The zero-order valence-electron chi connectivity index (χ0n) is 13.1. The second-order valence-electron chi connectivity index (χ2n) is 5.25. The highest BCUT2D eigenvalue weighted by Gasteiger charge is 2.23. The number of carbonyl (C=O) groups excluding carboxylic acids is 1. The van der Waals surface area contributed by atoms with Crippen LogP contribution in [0.3, 0.4) is 0 Å². The minimum Gasteiger partial charge on any atom is -0.324 e. The molecule has 1 N–H and O–H groups in total. The number of carbonyl (C=O) groups is 1. The minimum atomic E-state index is -0.873. The molecule has 1 atom stereocenters. The first-order valence-electron chi connectivity index (χ1n) is 7.06. The zero-order valence-corrected chi connectivity index (χ0v) is 13.1. The van der Waals surface area contributed by atoms with Crippen molar-refractivity contribution in [3.63, 3.8) is 0 Å². The maximum absolute atomic E-state index is 12.4. The predicted octanol–water partition coefficient (Wildman–Crippen LogP) is 2.57. The Kier molecular flexibility index (Phi) is 4.59. The molecule has 1 amide bonds. The van der Waals surface area contributed by atoms with Crippen molar-refractivity contribution in [3.05, 3.63) is 68.1 Å². The van der Waals surface area contributed by atoms with E-state index < -0.39 is 22.4 Å². The Morgan fingerprint density at radius 2 is 1.87 bits per heavy atom. The second kappa shape index (κ2) is 6.43. The number of benzene rings is 1. The summed E-state index contributed by atoms with van der Waals surface area (Å²) >= 11 is 0. The summed E-state index contributed by atoms with van der Waals surface area (Å²) in [5, 5.41) is 13.7. The van der Waals surface area contributed by atoms with Crippen molar-refractivity contribution >= 4 is 17.3 Å². The van der Waals surface area contributed by atoms with Crippen molar-refractivity contribution < 1.29 is 9.72 Å². The highest BCUT2D eigenvalue weighted by molar-refractivity contribution is 5.94. The number of nitrogens with zero attached hydrogens (tertiary/aromatic N) is 2. The maximum atomic E-state index is 12.4. The van der Waals surface area contributed by atoms with Gasteiger partial charge in [-0.25, -0.2) is 0 Å². The van der Waals surface area contributed by atoms with E-state index in [-0.39, 0.29) is 11.4 Å². The third-order valence-electron chi connectivity index (χ3n) is 3.72. The van der Waals surface area contributed by atoms with Gasteiger partial charge in [0.15, 0.2) is 0 Å². The number of pyridine rings is 1. The summed E-state index contributed by atoms with van der Waals surface area (Å²) in [5.74, 6) is -0.412. The topological polar surface area (TPSA) is 94.2 Å². The van der Waals surface area contributed by atoms with Gasteiger partial charge in [-0.3, -0.25) is 24.3 Å². The number of rotatable bonds is 4. The van der Waals surface area contributed by atoms with Crippen LogP contribution < -0.4 is 10.9 Å². The number of amides is 1. The highest BCUT2D eigenvalue weighted by atomic mass is 16.6. The maximum Gasteiger partial charge on any atom is 0.288 e. The van der Waals surface area contributed by atoms with Crippen LogP contribution in [0.1, 0.15) is 24.2 Å². The number of para-hydroxylation sites is 1. The molecule has 1 unspecified atom stereocenters. The Morgan fingerprint density at radius 1 is 1.22 bits per heavy atom. The fourth-order valence-electron chi connectivity index (χ4n) is 2.38. The van der Waals surface area contributed by atoms with Gasteiger partial charge in [-0.1, -0.05) is 18.2 Å². The molecule has 120 valence electrons. The van der Waals surface area contributed by atoms with Gasteiger partial charge in [-0.2, -0.15) is 0 Å². The van der Waals surface area contributed by atoms with E-state index >= 15 is 0 Å². The van der Waals surface area contributed by atoms with Gasteiger partial charge in [0.2, 0.25) is 5.91 Å². The lowest BCUT2D eigenvalue weighted by molar-refractivity contribution is -0.386. The van der Waals surface area contributed by atoms with Crippen LogP contribution in [0, 0.1) is 24.0 Å². The number of anilines is 1. The second-order valence-corrected chi connectivity index (χ2v) is 5.25. The number of aryl methyl sites for hydroxylation is 1. The zero-order chi connectivity index (χ0) is 17.1. The number of nitro groups is 1. The molecule has 7 heteroatoms. The first kappa shape index (κ1) is 16.4. The lowest BCUT2D eigenvalue weighted by Gasteiger charge is -2.18. The molecular formula is C16H17N3O4. The number of aromatic nitrogens is 1. The molecule has 0 bridgehead atoms. The summed E-state index contributed by atoms with van der Waals surface area (Å²) in [6, 6.07) is 8.63. The first-order chi connectivity index (χ1) is 10.8. The van der Waals surface area contributed by atoms with Crippen molar-refractivity contribution in [2.24, 2.45) is 0 Å². The van der Waals surface area contributed by atoms with E-state index in [1.807, 2.05) is 19.1 Å². The smallest absolute Gasteiger partial charge is 0.288 e. The van der Waals surface area contributed by atoms with Crippen molar-refractivity contribution in [2.45, 2.75) is 26.8 Å². The third kappa shape index (κ3) is 3.28. The molecule has 23 heavy (non-hydrogen) atoms. The molecule has 0 aliphatic heterocycles. The lowest BCUT2D eigenvalue weighted by atomic mass is 10.2. The van der Waals surface area contributed by atoms with Crippen LogP contribution in [-0.2, 0) is 4.79 Å². The van der Waals surface area contributed by atoms with Crippen molar-refractivity contribution in [1.29, 1.82) is 0 Å². The number of nitrogens with one attached hydrogen (secondary N) is 1. The van der Waals surface area contributed by atoms with Gasteiger partial charge in [0.1, 0.15) is 6.04 Å². The van der Waals surface area contributed by atoms with E-state index in [2.05, 4.69) is 5.32 Å². The van der Waals surface area contributed by atoms with E-state index in [1.54, 1.807) is 12.1 Å². The van der Waals surface area contributed by atoms with Crippen LogP contribution in [0.25, 0.3) is 0 Å². The van der Waals surface area contributed by atoms with Gasteiger partial charge >= 0.3 is 0 Å². The Hall–Kier alpha value is -2.96. The van der Waals surface area contributed by atoms with Gasteiger partial charge in [0, 0.05) is 17.8 Å². The van der Waals surface area contributed by atoms with Gasteiger partial charge in [0.25, 0.3) is 11.2 Å². The molecule has 0 aliphatic rings. The molecule has 0 saturated heterocycles. The lowest BCUT2D eigenvalue weighted by Crippen LogP contribution is -2.33. The highest BCUT2D eigenvalue weighted by Crippen LogP contribution is 2.20. The van der Waals surface area contributed by atoms with E-state index in [1.165, 1.54) is 13.8 Å². The average molecular weight is 315 g/mol. The monoisotopic (exact) mass is 315 g/mol. The van der Waals surface area contributed by atoms with Gasteiger partial charge in [-0.05, 0) is 32.4 Å². The molecule has 2 aromatic rings. The largest absolute Gasteiger partial charge is 0.324 e. The molecule has 7 nitrogen and oxygen atoms in total. The molecular weight excluding hydrogens is 298 g/mol. The van der Waals surface area contributed by atoms with Crippen LogP contribution in [0.2, 0.25) is 0 Å². The van der Waals surface area contributed by atoms with E-state index in [9.17, 15) is 19.7 Å². The number of hydrogen-bond acceptors (Lipinski definition) is 4. The quantitative estimate of drug-likeness (QED) is 0.693. The van der Waals surface area contributed by atoms with Crippen LogP contribution >= 0.6 is 0 Å². The number of hydrogen-bond donors (Lipinski definition) is 1. The Labute approximate surface area is 132 Å². The van der Waals surface area contributed by atoms with Gasteiger partial charge in [0.05, 0.1) is 10.6 Å². The third-order valence-corrected chi connectivity index (χ3v) is 3.72. The summed E-state index contributed by atoms with van der Waals surface area (Å²) < 4.78 is 1.13. The fraction of sp³-hybridized carbons (Fsp3) is 0.250. The van der Waals surface area contributed by atoms with Crippen LogP contribution in [0.5, 0.6) is 0 Å². The predicted molar refractivity (Wildman–Crippen MR) is 86.6 cm³/mol. The first-order valence-corrected chi connectivity index (χ1v) is 7.06. The SMILES string of the molecule is Cc1ccccc1NC(=O)C(C)n1c(C)c([N+](=O)[O-])ccc1=O. The molecule has 0 spiro atoms. The van der Waals surface area contributed by atoms with E-state index in [4.69, 9.17) is 0 Å². The molecule has 1 heterocycles. The Morgan fingerprint density at radius 3 is 2.48 bits per heavy atom. The summed E-state index contributed by atoms with van der Waals surface area (Å²) in [4.78, 5) is 34.9. The molecule has 1 aromatic heterocycles. The van der Waals surface area contributed by atoms with Crippen LogP contribution in [0.15, 0.2) is 41.2 Å². The molecule has 0 radical (unpaired) electrons. The minimum absolute atomic E-state index is 0.148. The molecule has 0 saturated carbocycles. The van der Waals surface area contributed by atoms with E-state index in [0.717, 1.165) is 22.3 Å². The summed E-state index contributed by atoms with van der Waals surface area (Å²) in [5.41, 5.74) is 1.02. The normalized spacial score (nSPS) is 11.8. The van der Waals surface area contributed by atoms with E-state index in [0.29, 0.717) is 5.69 Å². The van der Waals surface area contributed by atoms with Crippen molar-refractivity contribution in [2.75, 3.05) is 5.32 Å². The van der Waals surface area contributed by atoms with Crippen LogP contribution in [-0.4, -0.2) is 15.4 Å². The Balaban J connectivity index is 2.37. The molecule has 0 aliphatic carbocycles. The molecule has 2 rings (SSSR count). The average Bonchev–Trinajstić information content (AvgIpc) is 2.49. The van der Waals surface area contributed by atoms with Crippen LogP contribution in [0.4, 0.5) is 11.4 Å². The fourth-order valence-corrected chi connectivity index (χ4v) is 2.38. The van der Waals surface area contributed by atoms with Crippen molar-refractivity contribution in [1.82, 2.24) is 4.57 Å². The molecule has 0 fully saturated rings. The van der Waals surface area contributed by atoms with Crippen molar-refractivity contribution in [3.8, 4) is 0 Å². The summed E-state index contributed by atoms with van der Waals surface area (Å²) in [6.07, 6.45) is 0. The summed E-state index contributed by atoms with van der Waals surface area (Å²) in [6.45, 7) is 4.84. The standard InChI is InChI=1S/C16H17N3O4/c1-10-6-4-5-7-13(10)17-16(21)12(3)18-11(2)14(19(22)23)8-9-15(18)20/h4-9,12H,1-3H3,(H,17,21).